The van der Waals surface area contributed by atoms with Crippen molar-refractivity contribution in [1.82, 2.24) is 9.88 Å². The molecule has 1 fully saturated rings. The van der Waals surface area contributed by atoms with Gasteiger partial charge in [0.1, 0.15) is 0 Å². The molecule has 6 rings (SSSR count). The number of carbonyl (C=O) groups is 1. The largest absolute Gasteiger partial charge is 0.369 e. The second-order valence-corrected chi connectivity index (χ2v) is 12.7. The molecule has 0 aliphatic carbocycles. The number of carbonyl (C=O) groups excluding carboxylic acids is 1. The van der Waals surface area contributed by atoms with Gasteiger partial charge in [0.05, 0.1) is 16.3 Å². The first-order chi connectivity index (χ1) is 19.8. The van der Waals surface area contributed by atoms with E-state index in [0.29, 0.717) is 48.1 Å². The summed E-state index contributed by atoms with van der Waals surface area (Å²) in [6, 6.07) is 26.1. The zero-order chi connectivity index (χ0) is 28.6. The van der Waals surface area contributed by atoms with Crippen LogP contribution in [0.3, 0.4) is 0 Å². The van der Waals surface area contributed by atoms with Gasteiger partial charge in [0.25, 0.3) is 21.5 Å². The lowest BCUT2D eigenvalue weighted by Crippen LogP contribution is -2.47. The third kappa shape index (κ3) is 5.73. The Hall–Kier alpha value is -4.08. The summed E-state index contributed by atoms with van der Waals surface area (Å²) in [6.07, 6.45) is 0.962. The molecule has 2 aliphatic rings. The Bertz CT molecular complexity index is 1770. The van der Waals surface area contributed by atoms with Crippen LogP contribution < -0.4 is 20.5 Å². The van der Waals surface area contributed by atoms with E-state index in [4.69, 9.17) is 11.6 Å². The first kappa shape index (κ1) is 27.1. The Labute approximate surface area is 243 Å². The second-order valence-electron chi connectivity index (χ2n) is 10.6. The molecule has 41 heavy (non-hydrogen) atoms. The lowest BCUT2D eigenvalue weighted by Gasteiger charge is -2.44. The van der Waals surface area contributed by atoms with E-state index < -0.39 is 10.0 Å². The molecule has 1 aromatic heterocycles. The topological polar surface area (TPSA) is 101 Å². The SMILES string of the molecule is O=C(NCc1ccccc1)c1ccc(N2CC3CC(C2)c2cccc(=O)n2C3)c(NS(=O)(=O)c2cccc(Cl)c2)c1. The number of piperidine rings is 1. The van der Waals surface area contributed by atoms with E-state index in [0.717, 1.165) is 17.7 Å². The number of pyridine rings is 1. The van der Waals surface area contributed by atoms with Gasteiger partial charge in [-0.25, -0.2) is 8.42 Å². The molecule has 4 aromatic rings. The molecule has 1 amide bonds. The maximum absolute atomic E-state index is 13.5. The minimum atomic E-state index is -4.01. The number of hydrogen-bond acceptors (Lipinski definition) is 5. The average molecular weight is 589 g/mol. The van der Waals surface area contributed by atoms with Crippen LogP contribution in [0.5, 0.6) is 0 Å². The molecular formula is C31H29ClN4O4S. The summed E-state index contributed by atoms with van der Waals surface area (Å²) in [5.74, 6) is 0.0441. The maximum Gasteiger partial charge on any atom is 0.262 e. The van der Waals surface area contributed by atoms with Crippen molar-refractivity contribution in [2.24, 2.45) is 5.92 Å². The van der Waals surface area contributed by atoms with E-state index in [9.17, 15) is 18.0 Å². The minimum Gasteiger partial charge on any atom is -0.369 e. The highest BCUT2D eigenvalue weighted by molar-refractivity contribution is 7.92. The zero-order valence-electron chi connectivity index (χ0n) is 22.2. The normalized spacial score (nSPS) is 17.9. The van der Waals surface area contributed by atoms with Gasteiger partial charge in [0, 0.05) is 54.4 Å². The van der Waals surface area contributed by atoms with Gasteiger partial charge in [0.2, 0.25) is 0 Å². The van der Waals surface area contributed by atoms with Crippen LogP contribution >= 0.6 is 11.6 Å². The molecule has 2 atom stereocenters. The highest BCUT2D eigenvalue weighted by Crippen LogP contribution is 2.40. The van der Waals surface area contributed by atoms with Crippen LogP contribution in [-0.4, -0.2) is 32.0 Å². The quantitative estimate of drug-likeness (QED) is 0.321. The molecule has 2 unspecified atom stereocenters. The van der Waals surface area contributed by atoms with Crippen LogP contribution in [-0.2, 0) is 23.1 Å². The monoisotopic (exact) mass is 588 g/mol. The Kier molecular flexibility index (Phi) is 7.32. The zero-order valence-corrected chi connectivity index (χ0v) is 23.7. The van der Waals surface area contributed by atoms with Gasteiger partial charge in [-0.2, -0.15) is 0 Å². The number of nitrogens with one attached hydrogen (secondary N) is 2. The van der Waals surface area contributed by atoms with Crippen LogP contribution in [0.2, 0.25) is 5.02 Å². The molecule has 0 saturated carbocycles. The molecule has 2 N–H and O–H groups in total. The second kappa shape index (κ2) is 11.1. The predicted octanol–water partition coefficient (Wildman–Crippen LogP) is 4.86. The van der Waals surface area contributed by atoms with Crippen molar-refractivity contribution in [2.45, 2.75) is 30.3 Å². The van der Waals surface area contributed by atoms with Gasteiger partial charge in [-0.3, -0.25) is 14.3 Å². The number of fused-ring (bicyclic) bond motifs is 4. The molecule has 0 radical (unpaired) electrons. The van der Waals surface area contributed by atoms with Gasteiger partial charge in [-0.1, -0.05) is 54.1 Å². The molecule has 1 saturated heterocycles. The number of nitrogens with zero attached hydrogens (tertiary/aromatic N) is 2. The summed E-state index contributed by atoms with van der Waals surface area (Å²) in [4.78, 5) is 27.8. The smallest absolute Gasteiger partial charge is 0.262 e. The number of benzene rings is 3. The Morgan fingerprint density at radius 2 is 1.71 bits per heavy atom. The summed E-state index contributed by atoms with van der Waals surface area (Å²) >= 11 is 6.09. The number of amides is 1. The summed E-state index contributed by atoms with van der Waals surface area (Å²) in [7, 11) is -4.01. The Morgan fingerprint density at radius 3 is 2.51 bits per heavy atom. The third-order valence-electron chi connectivity index (χ3n) is 7.73. The van der Waals surface area contributed by atoms with Gasteiger partial charge in [0.15, 0.2) is 0 Å². The van der Waals surface area contributed by atoms with Crippen molar-refractivity contribution in [3.05, 3.63) is 123 Å². The van der Waals surface area contributed by atoms with Crippen LogP contribution in [0.25, 0.3) is 0 Å². The molecule has 2 aliphatic heterocycles. The first-order valence-corrected chi connectivity index (χ1v) is 15.3. The summed E-state index contributed by atoms with van der Waals surface area (Å²) < 4.78 is 31.5. The van der Waals surface area contributed by atoms with E-state index in [-0.39, 0.29) is 28.2 Å². The maximum atomic E-state index is 13.5. The van der Waals surface area contributed by atoms with Crippen molar-refractivity contribution in [3.8, 4) is 0 Å². The summed E-state index contributed by atoms with van der Waals surface area (Å²) in [5, 5.41) is 3.22. The fourth-order valence-corrected chi connectivity index (χ4v) is 7.21. The van der Waals surface area contributed by atoms with Crippen molar-refractivity contribution in [3.63, 3.8) is 0 Å². The average Bonchev–Trinajstić information content (AvgIpc) is 2.97. The van der Waals surface area contributed by atoms with Crippen molar-refractivity contribution in [1.29, 1.82) is 0 Å². The minimum absolute atomic E-state index is 0.00601. The first-order valence-electron chi connectivity index (χ1n) is 13.5. The van der Waals surface area contributed by atoms with Gasteiger partial charge in [-0.05, 0) is 60.4 Å². The highest BCUT2D eigenvalue weighted by Gasteiger charge is 2.35. The van der Waals surface area contributed by atoms with E-state index in [1.165, 1.54) is 12.1 Å². The number of aromatic nitrogens is 1. The molecular weight excluding hydrogens is 560 g/mol. The molecule has 3 heterocycles. The molecule has 8 nitrogen and oxygen atoms in total. The molecule has 0 spiro atoms. The predicted molar refractivity (Wildman–Crippen MR) is 160 cm³/mol. The van der Waals surface area contributed by atoms with E-state index in [2.05, 4.69) is 14.9 Å². The molecule has 2 bridgehead atoms. The van der Waals surface area contributed by atoms with Crippen molar-refractivity contribution >= 4 is 38.9 Å². The summed E-state index contributed by atoms with van der Waals surface area (Å²) in [6.45, 7) is 2.24. The Morgan fingerprint density at radius 1 is 0.902 bits per heavy atom. The lowest BCUT2D eigenvalue weighted by molar-refractivity contribution is 0.0951. The van der Waals surface area contributed by atoms with Crippen LogP contribution in [0.1, 0.15) is 34.0 Å². The number of halogens is 1. The highest BCUT2D eigenvalue weighted by atomic mass is 35.5. The Balaban J connectivity index is 1.33. The van der Waals surface area contributed by atoms with E-state index in [1.807, 2.05) is 41.0 Å². The standard InChI is InChI=1S/C31H29ClN4O4S/c32-25-8-4-9-26(16-25)41(39,40)34-27-15-23(31(38)33-17-21-6-2-1-3-7-21)12-13-29(27)35-18-22-14-24(20-35)28-10-5-11-30(37)36(28)19-22/h1-13,15-16,22,24,34H,14,17-20H2,(H,33,38). The van der Waals surface area contributed by atoms with Crippen molar-refractivity contribution in [2.75, 3.05) is 22.7 Å². The number of hydrogen-bond donors (Lipinski definition) is 2. The molecule has 210 valence electrons. The number of anilines is 2. The number of sulfonamides is 1. The van der Waals surface area contributed by atoms with E-state index >= 15 is 0 Å². The number of rotatable bonds is 7. The molecule has 3 aromatic carbocycles. The van der Waals surface area contributed by atoms with Crippen LogP contribution in [0.4, 0.5) is 11.4 Å². The van der Waals surface area contributed by atoms with Gasteiger partial charge in [-0.15, -0.1) is 0 Å². The fourth-order valence-electron chi connectivity index (χ4n) is 5.85. The van der Waals surface area contributed by atoms with Gasteiger partial charge < -0.3 is 14.8 Å². The van der Waals surface area contributed by atoms with E-state index in [1.54, 1.807) is 42.5 Å². The third-order valence-corrected chi connectivity index (χ3v) is 9.32. The summed E-state index contributed by atoms with van der Waals surface area (Å²) in [5.41, 5.74) is 3.28. The van der Waals surface area contributed by atoms with Gasteiger partial charge >= 0.3 is 0 Å². The van der Waals surface area contributed by atoms with Crippen LogP contribution in [0.15, 0.2) is 101 Å². The van der Waals surface area contributed by atoms with Crippen LogP contribution in [0, 0.1) is 5.92 Å². The fraction of sp³-hybridized carbons (Fsp3) is 0.226. The van der Waals surface area contributed by atoms with Crippen molar-refractivity contribution < 1.29 is 13.2 Å². The lowest BCUT2D eigenvalue weighted by atomic mass is 9.83. The molecule has 10 heteroatoms.